The summed E-state index contributed by atoms with van der Waals surface area (Å²) in [6.45, 7) is 1.51. The van der Waals surface area contributed by atoms with Crippen molar-refractivity contribution in [2.45, 2.75) is 13.3 Å². The Morgan fingerprint density at radius 1 is 0.893 bits per heavy atom. The fraction of sp³-hybridized carbons (Fsp3) is 0.136. The minimum Gasteiger partial charge on any atom is -0.484 e. The molecule has 0 aliphatic rings. The maximum absolute atomic E-state index is 12.0. The molecule has 2 amide bonds. The van der Waals surface area contributed by atoms with Crippen LogP contribution in [0.1, 0.15) is 13.3 Å². The number of carbonyl (C=O) groups excluding carboxylic acids is 2. The Bertz CT molecular complexity index is 1000. The van der Waals surface area contributed by atoms with Gasteiger partial charge >= 0.3 is 0 Å². The summed E-state index contributed by atoms with van der Waals surface area (Å²) in [6.07, 6.45) is 0.0840. The van der Waals surface area contributed by atoms with Crippen LogP contribution < -0.4 is 15.5 Å². The molecule has 0 saturated heterocycles. The first-order valence-corrected chi connectivity index (χ1v) is 8.88. The molecule has 3 aromatic carbocycles. The van der Waals surface area contributed by atoms with E-state index in [9.17, 15) is 9.59 Å². The van der Waals surface area contributed by atoms with Gasteiger partial charge in [-0.2, -0.15) is 5.10 Å². The standard InChI is InChI=1S/C22H21N3O3/c1-16(13-21(26)23-19-9-3-2-4-10-19)24-25-22(27)15-28-20-12-11-17-7-5-6-8-18(17)14-20/h2-12,14H,13,15H2,1H3,(H,23,26)(H,25,27). The number of para-hydroxylation sites is 1. The van der Waals surface area contributed by atoms with Crippen LogP contribution in [0.25, 0.3) is 10.8 Å². The average molecular weight is 375 g/mol. The van der Waals surface area contributed by atoms with E-state index in [0.717, 1.165) is 10.8 Å². The first kappa shape index (κ1) is 19.1. The second-order valence-corrected chi connectivity index (χ2v) is 6.27. The zero-order valence-electron chi connectivity index (χ0n) is 15.5. The molecule has 28 heavy (non-hydrogen) atoms. The monoisotopic (exact) mass is 375 g/mol. The maximum atomic E-state index is 12.0. The molecule has 0 spiro atoms. The third-order valence-electron chi connectivity index (χ3n) is 3.94. The Morgan fingerprint density at radius 3 is 2.39 bits per heavy atom. The highest BCUT2D eigenvalue weighted by Gasteiger charge is 2.06. The van der Waals surface area contributed by atoms with Gasteiger partial charge in [0.05, 0.1) is 6.42 Å². The van der Waals surface area contributed by atoms with Crippen LogP contribution in [0.15, 0.2) is 77.9 Å². The summed E-state index contributed by atoms with van der Waals surface area (Å²) >= 11 is 0. The third-order valence-corrected chi connectivity index (χ3v) is 3.94. The molecule has 0 radical (unpaired) electrons. The molecule has 6 nitrogen and oxygen atoms in total. The molecule has 142 valence electrons. The lowest BCUT2D eigenvalue weighted by molar-refractivity contribution is -0.123. The fourth-order valence-corrected chi connectivity index (χ4v) is 2.59. The van der Waals surface area contributed by atoms with E-state index in [0.29, 0.717) is 17.1 Å². The first-order valence-electron chi connectivity index (χ1n) is 8.88. The average Bonchev–Trinajstić information content (AvgIpc) is 2.71. The number of hydrazone groups is 1. The number of hydrogen-bond acceptors (Lipinski definition) is 4. The van der Waals surface area contributed by atoms with Crippen molar-refractivity contribution >= 4 is 34.0 Å². The van der Waals surface area contributed by atoms with Crippen molar-refractivity contribution in [1.29, 1.82) is 0 Å². The summed E-state index contributed by atoms with van der Waals surface area (Å²) < 4.78 is 5.51. The summed E-state index contributed by atoms with van der Waals surface area (Å²) in [6, 6.07) is 22.7. The molecule has 0 unspecified atom stereocenters. The SMILES string of the molecule is CC(CC(=O)Nc1ccccc1)=NNC(=O)COc1ccc2ccccc2c1. The molecule has 0 bridgehead atoms. The molecular formula is C22H21N3O3. The summed E-state index contributed by atoms with van der Waals surface area (Å²) in [7, 11) is 0. The number of benzene rings is 3. The number of anilines is 1. The van der Waals surface area contributed by atoms with Gasteiger partial charge in [-0.15, -0.1) is 0 Å². The molecule has 0 saturated carbocycles. The lowest BCUT2D eigenvalue weighted by Crippen LogP contribution is -2.26. The van der Waals surface area contributed by atoms with Gasteiger partial charge in [-0.25, -0.2) is 5.43 Å². The highest BCUT2D eigenvalue weighted by atomic mass is 16.5. The summed E-state index contributed by atoms with van der Waals surface area (Å²) in [5.41, 5.74) is 3.61. The van der Waals surface area contributed by atoms with E-state index in [1.807, 2.05) is 60.7 Å². The van der Waals surface area contributed by atoms with Crippen LogP contribution in [0.3, 0.4) is 0 Å². The summed E-state index contributed by atoms with van der Waals surface area (Å²) in [5, 5.41) is 8.85. The normalized spacial score (nSPS) is 11.1. The van der Waals surface area contributed by atoms with Gasteiger partial charge in [-0.3, -0.25) is 9.59 Å². The van der Waals surface area contributed by atoms with E-state index in [2.05, 4.69) is 15.8 Å². The van der Waals surface area contributed by atoms with Gasteiger partial charge in [-0.1, -0.05) is 48.5 Å². The summed E-state index contributed by atoms with van der Waals surface area (Å²) in [5.74, 6) is 0.0156. The van der Waals surface area contributed by atoms with E-state index in [1.54, 1.807) is 19.1 Å². The van der Waals surface area contributed by atoms with E-state index < -0.39 is 5.91 Å². The van der Waals surface area contributed by atoms with Crippen molar-refractivity contribution in [3.8, 4) is 5.75 Å². The van der Waals surface area contributed by atoms with Crippen molar-refractivity contribution in [3.63, 3.8) is 0 Å². The predicted molar refractivity (Wildman–Crippen MR) is 110 cm³/mol. The van der Waals surface area contributed by atoms with Crippen molar-refractivity contribution in [2.24, 2.45) is 5.10 Å². The third kappa shape index (κ3) is 5.67. The van der Waals surface area contributed by atoms with E-state index in [4.69, 9.17) is 4.74 Å². The second kappa shape index (κ2) is 9.32. The Kier molecular flexibility index (Phi) is 6.36. The van der Waals surface area contributed by atoms with Crippen LogP contribution in [0.2, 0.25) is 0 Å². The fourth-order valence-electron chi connectivity index (χ4n) is 2.59. The number of fused-ring (bicyclic) bond motifs is 1. The van der Waals surface area contributed by atoms with Crippen molar-refractivity contribution < 1.29 is 14.3 Å². The molecule has 3 aromatic rings. The number of nitrogens with one attached hydrogen (secondary N) is 2. The maximum Gasteiger partial charge on any atom is 0.277 e. The van der Waals surface area contributed by atoms with Gasteiger partial charge in [0, 0.05) is 11.4 Å². The Morgan fingerprint density at radius 2 is 1.61 bits per heavy atom. The van der Waals surface area contributed by atoms with E-state index >= 15 is 0 Å². The minimum atomic E-state index is -0.393. The molecule has 0 heterocycles. The van der Waals surface area contributed by atoms with Gasteiger partial charge in [0.15, 0.2) is 6.61 Å². The van der Waals surface area contributed by atoms with Crippen LogP contribution in [-0.2, 0) is 9.59 Å². The number of amides is 2. The Labute approximate surface area is 163 Å². The first-order chi connectivity index (χ1) is 13.6. The number of hydrogen-bond donors (Lipinski definition) is 2. The molecule has 0 aliphatic carbocycles. The summed E-state index contributed by atoms with van der Waals surface area (Å²) in [4.78, 5) is 23.9. The van der Waals surface area contributed by atoms with Crippen molar-refractivity contribution in [3.05, 3.63) is 72.8 Å². The highest BCUT2D eigenvalue weighted by molar-refractivity contribution is 6.05. The number of ether oxygens (including phenoxy) is 1. The Hall–Kier alpha value is -3.67. The van der Waals surface area contributed by atoms with Gasteiger partial charge in [0.25, 0.3) is 5.91 Å². The number of nitrogens with zero attached hydrogens (tertiary/aromatic N) is 1. The molecule has 0 fully saturated rings. The van der Waals surface area contributed by atoms with Crippen LogP contribution in [0, 0.1) is 0 Å². The number of carbonyl (C=O) groups is 2. The second-order valence-electron chi connectivity index (χ2n) is 6.27. The largest absolute Gasteiger partial charge is 0.484 e. The predicted octanol–water partition coefficient (Wildman–Crippen LogP) is 3.74. The molecule has 2 N–H and O–H groups in total. The molecular weight excluding hydrogens is 354 g/mol. The van der Waals surface area contributed by atoms with Gasteiger partial charge in [-0.05, 0) is 42.0 Å². The zero-order valence-corrected chi connectivity index (χ0v) is 15.5. The van der Waals surface area contributed by atoms with E-state index in [1.165, 1.54) is 0 Å². The van der Waals surface area contributed by atoms with Crippen LogP contribution in [0.5, 0.6) is 5.75 Å². The molecule has 0 aliphatic heterocycles. The quantitative estimate of drug-likeness (QED) is 0.488. The lowest BCUT2D eigenvalue weighted by Gasteiger charge is -2.07. The van der Waals surface area contributed by atoms with Crippen molar-refractivity contribution in [2.75, 3.05) is 11.9 Å². The zero-order chi connectivity index (χ0) is 19.8. The number of rotatable bonds is 7. The molecule has 6 heteroatoms. The molecule has 0 aromatic heterocycles. The van der Waals surface area contributed by atoms with Gasteiger partial charge in [0.2, 0.25) is 5.91 Å². The van der Waals surface area contributed by atoms with Gasteiger partial charge in [0.1, 0.15) is 5.75 Å². The van der Waals surface area contributed by atoms with E-state index in [-0.39, 0.29) is 18.9 Å². The van der Waals surface area contributed by atoms with Crippen molar-refractivity contribution in [1.82, 2.24) is 5.43 Å². The highest BCUT2D eigenvalue weighted by Crippen LogP contribution is 2.20. The Balaban J connectivity index is 1.45. The van der Waals surface area contributed by atoms with Crippen LogP contribution in [0.4, 0.5) is 5.69 Å². The molecule has 0 atom stereocenters. The topological polar surface area (TPSA) is 79.8 Å². The molecule has 3 rings (SSSR count). The lowest BCUT2D eigenvalue weighted by atomic mass is 10.1. The van der Waals surface area contributed by atoms with Gasteiger partial charge < -0.3 is 10.1 Å². The minimum absolute atomic E-state index is 0.0840. The van der Waals surface area contributed by atoms with Crippen LogP contribution >= 0.6 is 0 Å². The smallest absolute Gasteiger partial charge is 0.277 e. The van der Waals surface area contributed by atoms with Crippen LogP contribution in [-0.4, -0.2) is 24.1 Å².